The summed E-state index contributed by atoms with van der Waals surface area (Å²) in [6.45, 7) is 4.39. The lowest BCUT2D eigenvalue weighted by atomic mass is 9.80. The Morgan fingerprint density at radius 1 is 0.429 bits per heavy atom. The summed E-state index contributed by atoms with van der Waals surface area (Å²) in [6.07, 6.45) is 0. The Hall–Kier alpha value is -6.12. The minimum absolute atomic E-state index is 0.193. The standard InChI is InChI=1S/C47H34N2/c1-47(2)42-28-34(31-14-6-3-7-15-31)22-24-39(42)40-25-23-35(29-43(40)47)36-26-27-41(38-21-13-12-20-37(36)38)45-30-44(32-16-8-4-9-17-32)48-46(49-45)33-18-10-5-11-19-33/h3-30H,1-2H3/i3D,6D,7D,14D,15D. The molecule has 7 aromatic carbocycles. The van der Waals surface area contributed by atoms with Crippen LogP contribution in [0.15, 0.2) is 170 Å². The van der Waals surface area contributed by atoms with Gasteiger partial charge in [0.2, 0.25) is 0 Å². The van der Waals surface area contributed by atoms with Crippen molar-refractivity contribution in [3.05, 3.63) is 181 Å². The number of aromatic nitrogens is 2. The van der Waals surface area contributed by atoms with Gasteiger partial charge < -0.3 is 0 Å². The van der Waals surface area contributed by atoms with Gasteiger partial charge in [-0.3, -0.25) is 0 Å². The second kappa shape index (κ2) is 11.5. The Morgan fingerprint density at radius 2 is 0.959 bits per heavy atom. The van der Waals surface area contributed by atoms with Crippen LogP contribution < -0.4 is 0 Å². The highest BCUT2D eigenvalue weighted by molar-refractivity contribution is 6.05. The molecule has 0 atom stereocenters. The molecule has 1 aliphatic carbocycles. The fourth-order valence-corrected chi connectivity index (χ4v) is 7.29. The smallest absolute Gasteiger partial charge is 0.160 e. The average molecular weight is 632 g/mol. The van der Waals surface area contributed by atoms with Gasteiger partial charge in [-0.05, 0) is 73.5 Å². The van der Waals surface area contributed by atoms with Crippen LogP contribution in [0, 0.1) is 0 Å². The van der Waals surface area contributed by atoms with E-state index in [2.05, 4.69) is 86.6 Å². The number of hydrogen-bond acceptors (Lipinski definition) is 2. The SMILES string of the molecule is [2H]c1c([2H])c([2H])c(-c2ccc3c(c2)C(C)(C)c2cc(-c4ccc(-c5cc(-c6ccccc6)nc(-c6ccccc6)n5)c5ccccc45)ccc2-3)c([2H])c1[2H]. The normalized spacial score (nSPS) is 14.3. The summed E-state index contributed by atoms with van der Waals surface area (Å²) < 4.78 is 41.6. The van der Waals surface area contributed by atoms with Crippen LogP contribution in [0.3, 0.4) is 0 Å². The van der Waals surface area contributed by atoms with Gasteiger partial charge >= 0.3 is 0 Å². The molecule has 0 amide bonds. The van der Waals surface area contributed by atoms with Crippen LogP contribution in [-0.4, -0.2) is 9.97 Å². The van der Waals surface area contributed by atoms with Gasteiger partial charge in [0, 0.05) is 22.1 Å². The van der Waals surface area contributed by atoms with E-state index in [-0.39, 0.29) is 35.8 Å². The summed E-state index contributed by atoms with van der Waals surface area (Å²) in [4.78, 5) is 10.1. The average Bonchev–Trinajstić information content (AvgIpc) is 3.44. The van der Waals surface area contributed by atoms with E-state index in [0.29, 0.717) is 11.4 Å². The first-order valence-corrected chi connectivity index (χ1v) is 16.5. The first-order chi connectivity index (χ1) is 26.1. The lowest BCUT2D eigenvalue weighted by molar-refractivity contribution is 0.661. The zero-order valence-corrected chi connectivity index (χ0v) is 27.2. The number of benzene rings is 7. The van der Waals surface area contributed by atoms with E-state index in [1.807, 2.05) is 66.7 Å². The lowest BCUT2D eigenvalue weighted by Crippen LogP contribution is -2.15. The lowest BCUT2D eigenvalue weighted by Gasteiger charge is -2.23. The van der Waals surface area contributed by atoms with Crippen molar-refractivity contribution in [3.63, 3.8) is 0 Å². The molecule has 49 heavy (non-hydrogen) atoms. The van der Waals surface area contributed by atoms with Gasteiger partial charge in [0.1, 0.15) is 0 Å². The Labute approximate surface area is 294 Å². The van der Waals surface area contributed by atoms with Crippen molar-refractivity contribution in [2.24, 2.45) is 0 Å². The molecule has 0 N–H and O–H groups in total. The van der Waals surface area contributed by atoms with E-state index in [1.165, 1.54) is 5.56 Å². The van der Waals surface area contributed by atoms with Crippen LogP contribution in [0.1, 0.15) is 31.8 Å². The summed E-state index contributed by atoms with van der Waals surface area (Å²) in [7, 11) is 0. The van der Waals surface area contributed by atoms with Gasteiger partial charge in [-0.25, -0.2) is 9.97 Å². The van der Waals surface area contributed by atoms with Crippen LogP contribution in [0.4, 0.5) is 0 Å². The Kier molecular flexibility index (Phi) is 5.67. The molecule has 232 valence electrons. The maximum Gasteiger partial charge on any atom is 0.160 e. The maximum absolute atomic E-state index is 8.58. The van der Waals surface area contributed by atoms with Crippen molar-refractivity contribution in [1.29, 1.82) is 0 Å². The number of hydrogen-bond donors (Lipinski definition) is 0. The van der Waals surface area contributed by atoms with Gasteiger partial charge in [0.25, 0.3) is 0 Å². The number of rotatable bonds is 5. The molecule has 2 heteroatoms. The van der Waals surface area contributed by atoms with E-state index in [0.717, 1.165) is 66.7 Å². The first kappa shape index (κ1) is 24.1. The highest BCUT2D eigenvalue weighted by Gasteiger charge is 2.36. The molecule has 0 spiro atoms. The van der Waals surface area contributed by atoms with Crippen molar-refractivity contribution in [2.45, 2.75) is 19.3 Å². The largest absolute Gasteiger partial charge is 0.228 e. The molecule has 1 aromatic heterocycles. The molecule has 9 rings (SSSR count). The molecule has 8 aromatic rings. The third kappa shape index (κ3) is 4.96. The highest BCUT2D eigenvalue weighted by Crippen LogP contribution is 2.51. The van der Waals surface area contributed by atoms with Gasteiger partial charge in [-0.1, -0.05) is 165 Å². The summed E-state index contributed by atoms with van der Waals surface area (Å²) in [5.74, 6) is 0.676. The summed E-state index contributed by atoms with van der Waals surface area (Å²) >= 11 is 0. The molecular weight excluding hydrogens is 593 g/mol. The third-order valence-corrected chi connectivity index (χ3v) is 9.80. The van der Waals surface area contributed by atoms with Crippen LogP contribution >= 0.6 is 0 Å². The van der Waals surface area contributed by atoms with Crippen molar-refractivity contribution < 1.29 is 6.85 Å². The van der Waals surface area contributed by atoms with Gasteiger partial charge in [-0.2, -0.15) is 0 Å². The quantitative estimate of drug-likeness (QED) is 0.189. The van der Waals surface area contributed by atoms with Crippen LogP contribution in [0.25, 0.3) is 78.1 Å². The van der Waals surface area contributed by atoms with Crippen LogP contribution in [-0.2, 0) is 5.41 Å². The second-order valence-corrected chi connectivity index (χ2v) is 13.0. The number of nitrogens with zero attached hydrogens (tertiary/aromatic N) is 2. The predicted molar refractivity (Wildman–Crippen MR) is 204 cm³/mol. The Balaban J connectivity index is 1.15. The van der Waals surface area contributed by atoms with Crippen LogP contribution in [0.5, 0.6) is 0 Å². The molecule has 0 radical (unpaired) electrons. The van der Waals surface area contributed by atoms with Crippen molar-refractivity contribution in [3.8, 4) is 67.3 Å². The summed E-state index contributed by atoms with van der Waals surface area (Å²) in [5, 5.41) is 2.21. The van der Waals surface area contributed by atoms with Crippen molar-refractivity contribution >= 4 is 10.8 Å². The molecule has 1 aliphatic rings. The molecule has 0 unspecified atom stereocenters. The Bertz CT molecular complexity index is 2710. The van der Waals surface area contributed by atoms with E-state index in [1.54, 1.807) is 0 Å². The summed E-state index contributed by atoms with van der Waals surface area (Å²) in [5.41, 5.74) is 11.8. The van der Waals surface area contributed by atoms with Gasteiger partial charge in [0.05, 0.1) is 18.2 Å². The van der Waals surface area contributed by atoms with E-state index in [4.69, 9.17) is 16.8 Å². The van der Waals surface area contributed by atoms with E-state index in [9.17, 15) is 0 Å². The Morgan fingerprint density at radius 3 is 1.65 bits per heavy atom. The molecule has 0 saturated carbocycles. The highest BCUT2D eigenvalue weighted by atomic mass is 14.9. The van der Waals surface area contributed by atoms with Gasteiger partial charge in [0.15, 0.2) is 5.82 Å². The van der Waals surface area contributed by atoms with Crippen molar-refractivity contribution in [1.82, 2.24) is 9.97 Å². The fourth-order valence-electron chi connectivity index (χ4n) is 7.29. The molecule has 1 heterocycles. The van der Waals surface area contributed by atoms with Gasteiger partial charge in [-0.15, -0.1) is 0 Å². The second-order valence-electron chi connectivity index (χ2n) is 13.0. The minimum atomic E-state index is -0.400. The predicted octanol–water partition coefficient (Wildman–Crippen LogP) is 12.3. The fraction of sp³-hybridized carbons (Fsp3) is 0.0638. The minimum Gasteiger partial charge on any atom is -0.228 e. The van der Waals surface area contributed by atoms with Crippen LogP contribution in [0.2, 0.25) is 0 Å². The molecule has 0 aliphatic heterocycles. The topological polar surface area (TPSA) is 25.8 Å². The first-order valence-electron chi connectivity index (χ1n) is 19.0. The van der Waals surface area contributed by atoms with E-state index >= 15 is 0 Å². The molecule has 0 fully saturated rings. The maximum atomic E-state index is 8.58. The number of fused-ring (bicyclic) bond motifs is 4. The third-order valence-electron chi connectivity index (χ3n) is 9.80. The zero-order valence-electron chi connectivity index (χ0n) is 32.2. The molecule has 0 saturated heterocycles. The van der Waals surface area contributed by atoms with Crippen molar-refractivity contribution in [2.75, 3.05) is 0 Å². The molecule has 2 nitrogen and oxygen atoms in total. The molecular formula is C47H34N2. The van der Waals surface area contributed by atoms with E-state index < -0.39 is 5.41 Å². The monoisotopic (exact) mass is 631 g/mol. The summed E-state index contributed by atoms with van der Waals surface area (Å²) in [6, 6.07) is 46.4. The zero-order chi connectivity index (χ0) is 37.3. The molecule has 0 bridgehead atoms.